The highest BCUT2D eigenvalue weighted by molar-refractivity contribution is 7.89. The molecule has 1 aromatic rings. The van der Waals surface area contributed by atoms with Crippen molar-refractivity contribution in [3.8, 4) is 0 Å². The van der Waals surface area contributed by atoms with Gasteiger partial charge in [0.2, 0.25) is 15.9 Å². The second kappa shape index (κ2) is 5.42. The summed E-state index contributed by atoms with van der Waals surface area (Å²) in [6.07, 6.45) is 0.862. The van der Waals surface area contributed by atoms with E-state index in [1.165, 1.54) is 6.07 Å². The maximum atomic E-state index is 12.4. The van der Waals surface area contributed by atoms with Crippen molar-refractivity contribution in [3.05, 3.63) is 24.3 Å². The molecule has 1 amide bonds. The van der Waals surface area contributed by atoms with E-state index in [0.29, 0.717) is 11.6 Å². The van der Waals surface area contributed by atoms with Crippen LogP contribution in [0.4, 0.5) is 5.69 Å². The van der Waals surface area contributed by atoms with Crippen LogP contribution in [0.25, 0.3) is 0 Å². The molecule has 21 heavy (non-hydrogen) atoms. The third-order valence-corrected chi connectivity index (χ3v) is 5.14. The van der Waals surface area contributed by atoms with Gasteiger partial charge < -0.3 is 5.32 Å². The number of hydrogen-bond acceptors (Lipinski definition) is 3. The van der Waals surface area contributed by atoms with Gasteiger partial charge in [-0.15, -0.1) is 0 Å². The quantitative estimate of drug-likeness (QED) is 0.896. The lowest BCUT2D eigenvalue weighted by atomic mass is 10.1. The number of benzene rings is 1. The third kappa shape index (κ3) is 4.04. The van der Waals surface area contributed by atoms with Gasteiger partial charge in [0.05, 0.1) is 5.69 Å². The van der Waals surface area contributed by atoms with Crippen LogP contribution < -0.4 is 10.0 Å². The number of amides is 1. The normalized spacial score (nSPS) is 21.9. The van der Waals surface area contributed by atoms with Crippen LogP contribution in [-0.4, -0.2) is 19.9 Å². The smallest absolute Gasteiger partial charge is 0.243 e. The Bertz CT molecular complexity index is 647. The van der Waals surface area contributed by atoms with Crippen molar-refractivity contribution in [1.82, 2.24) is 4.72 Å². The number of para-hydroxylation sites is 1. The summed E-state index contributed by atoms with van der Waals surface area (Å²) in [6.45, 7) is 7.33. The van der Waals surface area contributed by atoms with E-state index in [2.05, 4.69) is 10.0 Å². The fourth-order valence-electron chi connectivity index (χ4n) is 2.18. The largest absolute Gasteiger partial charge is 0.325 e. The van der Waals surface area contributed by atoms with E-state index < -0.39 is 15.6 Å². The molecular formula is C15H22N2O3S. The second-order valence-electron chi connectivity index (χ2n) is 6.66. The first kappa shape index (κ1) is 16.0. The molecule has 0 saturated heterocycles. The van der Waals surface area contributed by atoms with Gasteiger partial charge >= 0.3 is 0 Å². The number of carbonyl (C=O) groups excluding carboxylic acids is 1. The van der Waals surface area contributed by atoms with Gasteiger partial charge in [0.1, 0.15) is 4.90 Å². The SMILES string of the molecule is C[C@@H]1C[C@@H]1C(=O)Nc1ccccc1S(=O)(=O)NC(C)(C)C. The predicted molar refractivity (Wildman–Crippen MR) is 82.4 cm³/mol. The lowest BCUT2D eigenvalue weighted by Crippen LogP contribution is -2.40. The molecule has 1 saturated carbocycles. The third-order valence-electron chi connectivity index (χ3n) is 3.32. The molecule has 1 aliphatic rings. The van der Waals surface area contributed by atoms with E-state index in [4.69, 9.17) is 0 Å². The van der Waals surface area contributed by atoms with E-state index in [9.17, 15) is 13.2 Å². The average Bonchev–Trinajstić information content (AvgIpc) is 3.04. The van der Waals surface area contributed by atoms with E-state index in [1.54, 1.807) is 39.0 Å². The highest BCUT2D eigenvalue weighted by Gasteiger charge is 2.39. The summed E-state index contributed by atoms with van der Waals surface area (Å²) in [5.74, 6) is 0.263. The van der Waals surface area contributed by atoms with Gasteiger partial charge in [0, 0.05) is 11.5 Å². The molecule has 2 N–H and O–H groups in total. The molecule has 1 aromatic carbocycles. The van der Waals surface area contributed by atoms with Gasteiger partial charge in [-0.3, -0.25) is 4.79 Å². The van der Waals surface area contributed by atoms with Crippen LogP contribution >= 0.6 is 0 Å². The minimum Gasteiger partial charge on any atom is -0.325 e. The number of sulfonamides is 1. The van der Waals surface area contributed by atoms with Crippen molar-refractivity contribution < 1.29 is 13.2 Å². The maximum Gasteiger partial charge on any atom is 0.243 e. The molecule has 116 valence electrons. The maximum absolute atomic E-state index is 12.4. The molecular weight excluding hydrogens is 288 g/mol. The summed E-state index contributed by atoms with van der Waals surface area (Å²) in [4.78, 5) is 12.1. The summed E-state index contributed by atoms with van der Waals surface area (Å²) < 4.78 is 27.5. The first-order chi connectivity index (χ1) is 9.60. The van der Waals surface area contributed by atoms with Crippen molar-refractivity contribution in [1.29, 1.82) is 0 Å². The summed E-state index contributed by atoms with van der Waals surface area (Å²) in [5, 5.41) is 2.74. The molecule has 0 aliphatic heterocycles. The number of hydrogen-bond donors (Lipinski definition) is 2. The van der Waals surface area contributed by atoms with Crippen LogP contribution in [0.15, 0.2) is 29.2 Å². The van der Waals surface area contributed by atoms with Crippen LogP contribution in [0.5, 0.6) is 0 Å². The van der Waals surface area contributed by atoms with E-state index in [-0.39, 0.29) is 16.7 Å². The first-order valence-corrected chi connectivity index (χ1v) is 8.52. The molecule has 0 bridgehead atoms. The number of anilines is 1. The van der Waals surface area contributed by atoms with Crippen LogP contribution in [0.2, 0.25) is 0 Å². The average molecular weight is 310 g/mol. The van der Waals surface area contributed by atoms with Crippen molar-refractivity contribution in [2.75, 3.05) is 5.32 Å². The van der Waals surface area contributed by atoms with Gasteiger partial charge in [0.25, 0.3) is 0 Å². The Labute approximate surface area is 126 Å². The Morgan fingerprint density at radius 1 is 1.24 bits per heavy atom. The van der Waals surface area contributed by atoms with Crippen LogP contribution in [-0.2, 0) is 14.8 Å². The zero-order valence-electron chi connectivity index (χ0n) is 12.8. The van der Waals surface area contributed by atoms with Crippen molar-refractivity contribution in [2.24, 2.45) is 11.8 Å². The molecule has 1 fully saturated rings. The Hall–Kier alpha value is -1.40. The second-order valence-corrected chi connectivity index (χ2v) is 8.31. The van der Waals surface area contributed by atoms with Gasteiger partial charge in [-0.25, -0.2) is 13.1 Å². The summed E-state index contributed by atoms with van der Waals surface area (Å²) in [6, 6.07) is 6.47. The molecule has 0 spiro atoms. The highest BCUT2D eigenvalue weighted by atomic mass is 32.2. The minimum absolute atomic E-state index is 0.00339. The van der Waals surface area contributed by atoms with Crippen LogP contribution in [0, 0.1) is 11.8 Å². The fourth-order valence-corrected chi connectivity index (χ4v) is 3.76. The summed E-state index contributed by atoms with van der Waals surface area (Å²) in [7, 11) is -3.68. The van der Waals surface area contributed by atoms with E-state index in [1.807, 2.05) is 6.92 Å². The Morgan fingerprint density at radius 3 is 2.33 bits per heavy atom. The lowest BCUT2D eigenvalue weighted by Gasteiger charge is -2.21. The number of carbonyl (C=O) groups is 1. The number of nitrogens with one attached hydrogen (secondary N) is 2. The molecule has 0 heterocycles. The number of rotatable bonds is 4. The van der Waals surface area contributed by atoms with Gasteiger partial charge in [-0.2, -0.15) is 0 Å². The van der Waals surface area contributed by atoms with Gasteiger partial charge in [-0.1, -0.05) is 19.1 Å². The molecule has 2 rings (SSSR count). The first-order valence-electron chi connectivity index (χ1n) is 7.04. The summed E-state index contributed by atoms with van der Waals surface area (Å²) in [5.41, 5.74) is -0.251. The van der Waals surface area contributed by atoms with Crippen molar-refractivity contribution in [3.63, 3.8) is 0 Å². The van der Waals surface area contributed by atoms with Crippen LogP contribution in [0.3, 0.4) is 0 Å². The molecule has 0 unspecified atom stereocenters. The van der Waals surface area contributed by atoms with Gasteiger partial charge in [-0.05, 0) is 45.2 Å². The molecule has 6 heteroatoms. The molecule has 0 radical (unpaired) electrons. The van der Waals surface area contributed by atoms with Crippen LogP contribution in [0.1, 0.15) is 34.1 Å². The fraction of sp³-hybridized carbons (Fsp3) is 0.533. The molecule has 1 aliphatic carbocycles. The van der Waals surface area contributed by atoms with Crippen molar-refractivity contribution in [2.45, 2.75) is 44.6 Å². The summed E-state index contributed by atoms with van der Waals surface area (Å²) >= 11 is 0. The standard InChI is InChI=1S/C15H22N2O3S/c1-10-9-11(10)14(18)16-12-7-5-6-8-13(12)21(19,20)17-15(2,3)4/h5-8,10-11,17H,9H2,1-4H3,(H,16,18)/t10-,11+/m1/s1. The monoisotopic (exact) mass is 310 g/mol. The molecule has 0 aromatic heterocycles. The van der Waals surface area contributed by atoms with E-state index >= 15 is 0 Å². The van der Waals surface area contributed by atoms with Gasteiger partial charge in [0.15, 0.2) is 0 Å². The Morgan fingerprint density at radius 2 is 1.81 bits per heavy atom. The Balaban J connectivity index is 2.26. The minimum atomic E-state index is -3.68. The zero-order valence-corrected chi connectivity index (χ0v) is 13.6. The zero-order chi connectivity index (χ0) is 15.8. The topological polar surface area (TPSA) is 75.3 Å². The molecule has 2 atom stereocenters. The highest BCUT2D eigenvalue weighted by Crippen LogP contribution is 2.38. The Kier molecular flexibility index (Phi) is 4.13. The van der Waals surface area contributed by atoms with Crippen molar-refractivity contribution >= 4 is 21.6 Å². The molecule has 5 nitrogen and oxygen atoms in total. The predicted octanol–water partition coefficient (Wildman–Crippen LogP) is 2.36. The van der Waals surface area contributed by atoms with E-state index in [0.717, 1.165) is 6.42 Å². The lowest BCUT2D eigenvalue weighted by molar-refractivity contribution is -0.117.